The number of Topliss-reactive ketones (excluding diaryl/α,β-unsaturated/α-hetero) is 1. The number of ether oxygens (including phenoxy) is 1. The second-order valence-electron chi connectivity index (χ2n) is 8.49. The SMILES string of the molecule is CCN(CC)CCN1C(=O)C(=O)/C(=C(/O)c2c(C)[nH]c(C(=O)OC)c2C)[C@H]1c1cccc([N+](=O)[O-])c1. The van der Waals surface area contributed by atoms with E-state index < -0.39 is 34.4 Å². The van der Waals surface area contributed by atoms with E-state index in [0.717, 1.165) is 13.1 Å². The summed E-state index contributed by atoms with van der Waals surface area (Å²) in [5.41, 5.74) is 0.988. The summed E-state index contributed by atoms with van der Waals surface area (Å²) in [5, 5.41) is 22.8. The van der Waals surface area contributed by atoms with Gasteiger partial charge in [0.2, 0.25) is 0 Å². The van der Waals surface area contributed by atoms with Crippen LogP contribution in [0.4, 0.5) is 5.69 Å². The summed E-state index contributed by atoms with van der Waals surface area (Å²) in [7, 11) is 1.22. The van der Waals surface area contributed by atoms with E-state index in [2.05, 4.69) is 9.88 Å². The molecule has 2 aromatic rings. The highest BCUT2D eigenvalue weighted by molar-refractivity contribution is 6.46. The maximum Gasteiger partial charge on any atom is 0.354 e. The molecule has 192 valence electrons. The molecule has 3 rings (SSSR count). The molecule has 36 heavy (non-hydrogen) atoms. The largest absolute Gasteiger partial charge is 0.507 e. The number of aromatic nitrogens is 1. The fourth-order valence-corrected chi connectivity index (χ4v) is 4.60. The molecule has 0 aliphatic carbocycles. The molecule has 0 radical (unpaired) electrons. The summed E-state index contributed by atoms with van der Waals surface area (Å²) in [6.45, 7) is 9.28. The van der Waals surface area contributed by atoms with Crippen LogP contribution in [-0.4, -0.2) is 75.8 Å². The third-order valence-electron chi connectivity index (χ3n) is 6.55. The molecular weight excluding hydrogens is 468 g/mol. The Bertz CT molecular complexity index is 1240. The number of likely N-dealkylation sites (N-methyl/N-ethyl adjacent to an activating group) is 1. The smallest absolute Gasteiger partial charge is 0.354 e. The minimum Gasteiger partial charge on any atom is -0.507 e. The number of likely N-dealkylation sites (tertiary alicyclic amines) is 1. The highest BCUT2D eigenvalue weighted by atomic mass is 16.6. The number of carbonyl (C=O) groups excluding carboxylic acids is 3. The molecule has 1 aliphatic rings. The fraction of sp³-hybridized carbons (Fsp3) is 0.400. The molecule has 1 aromatic heterocycles. The zero-order valence-electron chi connectivity index (χ0n) is 21.0. The quantitative estimate of drug-likeness (QED) is 0.134. The van der Waals surface area contributed by atoms with Crippen molar-refractivity contribution >= 4 is 29.1 Å². The molecule has 1 saturated heterocycles. The Morgan fingerprint density at radius 1 is 1.25 bits per heavy atom. The first kappa shape index (κ1) is 26.6. The van der Waals surface area contributed by atoms with E-state index in [1.54, 1.807) is 19.9 Å². The molecule has 11 nitrogen and oxygen atoms in total. The van der Waals surface area contributed by atoms with Crippen molar-refractivity contribution in [2.45, 2.75) is 33.7 Å². The van der Waals surface area contributed by atoms with Crippen molar-refractivity contribution in [1.29, 1.82) is 0 Å². The predicted molar refractivity (Wildman–Crippen MR) is 132 cm³/mol. The van der Waals surface area contributed by atoms with Gasteiger partial charge in [0.25, 0.3) is 17.4 Å². The van der Waals surface area contributed by atoms with Gasteiger partial charge in [-0.2, -0.15) is 0 Å². The Morgan fingerprint density at radius 2 is 1.92 bits per heavy atom. The highest BCUT2D eigenvalue weighted by Crippen LogP contribution is 2.41. The number of hydrogen-bond donors (Lipinski definition) is 2. The Balaban J connectivity index is 2.22. The van der Waals surface area contributed by atoms with E-state index in [-0.39, 0.29) is 29.1 Å². The molecule has 11 heteroatoms. The lowest BCUT2D eigenvalue weighted by Crippen LogP contribution is -2.38. The summed E-state index contributed by atoms with van der Waals surface area (Å²) in [6, 6.07) is 4.62. The average Bonchev–Trinajstić information content (AvgIpc) is 3.30. The number of esters is 1. The minimum atomic E-state index is -1.05. The van der Waals surface area contributed by atoms with Gasteiger partial charge in [0.1, 0.15) is 11.5 Å². The number of nitrogens with zero attached hydrogens (tertiary/aromatic N) is 3. The van der Waals surface area contributed by atoms with Gasteiger partial charge in [0, 0.05) is 36.5 Å². The first-order chi connectivity index (χ1) is 17.1. The number of carbonyl (C=O) groups is 3. The van der Waals surface area contributed by atoms with Crippen LogP contribution in [0.1, 0.15) is 52.8 Å². The molecule has 1 aromatic carbocycles. The number of methoxy groups -OCH3 is 1. The van der Waals surface area contributed by atoms with Gasteiger partial charge in [-0.25, -0.2) is 4.79 Å². The van der Waals surface area contributed by atoms with Gasteiger partial charge in [0.05, 0.1) is 23.6 Å². The van der Waals surface area contributed by atoms with E-state index in [9.17, 15) is 29.6 Å². The lowest BCUT2D eigenvalue weighted by Gasteiger charge is -2.28. The van der Waals surface area contributed by atoms with Crippen LogP contribution in [0.15, 0.2) is 29.8 Å². The van der Waals surface area contributed by atoms with Gasteiger partial charge in [0.15, 0.2) is 0 Å². The van der Waals surface area contributed by atoms with Gasteiger partial charge in [-0.3, -0.25) is 19.7 Å². The van der Waals surface area contributed by atoms with E-state index in [4.69, 9.17) is 4.74 Å². The van der Waals surface area contributed by atoms with Crippen molar-refractivity contribution in [3.63, 3.8) is 0 Å². The Morgan fingerprint density at radius 3 is 2.50 bits per heavy atom. The molecular formula is C25H30N4O7. The van der Waals surface area contributed by atoms with Crippen LogP contribution in [0.2, 0.25) is 0 Å². The molecule has 0 spiro atoms. The summed E-state index contributed by atoms with van der Waals surface area (Å²) < 4.78 is 4.78. The van der Waals surface area contributed by atoms with Crippen LogP contribution < -0.4 is 0 Å². The molecule has 1 amide bonds. The van der Waals surface area contributed by atoms with Gasteiger partial charge < -0.3 is 24.6 Å². The summed E-state index contributed by atoms with van der Waals surface area (Å²) in [5.74, 6) is -2.82. The van der Waals surface area contributed by atoms with Crippen molar-refractivity contribution in [3.05, 3.63) is 68.0 Å². The Hall–Kier alpha value is -3.99. The Labute approximate surface area is 208 Å². The van der Waals surface area contributed by atoms with Gasteiger partial charge in [-0.15, -0.1) is 0 Å². The predicted octanol–water partition coefficient (Wildman–Crippen LogP) is 3.09. The zero-order valence-corrected chi connectivity index (χ0v) is 21.0. The van der Waals surface area contributed by atoms with Gasteiger partial charge in [-0.1, -0.05) is 26.0 Å². The first-order valence-corrected chi connectivity index (χ1v) is 11.6. The number of rotatable bonds is 9. The molecule has 0 bridgehead atoms. The van der Waals surface area contributed by atoms with E-state index in [0.29, 0.717) is 23.4 Å². The number of aryl methyl sites for hydroxylation is 1. The monoisotopic (exact) mass is 498 g/mol. The number of aliphatic hydroxyl groups is 1. The van der Waals surface area contributed by atoms with Crippen LogP contribution in [0, 0.1) is 24.0 Å². The van der Waals surface area contributed by atoms with Gasteiger partial charge >= 0.3 is 5.97 Å². The standard InChI is InChI=1S/C25H30N4O7/c1-6-27(7-2)11-12-28-21(16-9-8-10-17(13-16)29(34)35)19(23(31)24(28)32)22(30)18-14(3)20(25(33)36-5)26-15(18)4/h8-10,13,21,26,30H,6-7,11-12H2,1-5H3/b22-19+/t21-/m1/s1. The number of amides is 1. The third-order valence-corrected chi connectivity index (χ3v) is 6.55. The van der Waals surface area contributed by atoms with Crippen LogP contribution in [0.3, 0.4) is 0 Å². The zero-order chi connectivity index (χ0) is 26.7. The topological polar surface area (TPSA) is 146 Å². The molecule has 1 aliphatic heterocycles. The molecule has 1 fully saturated rings. The maximum atomic E-state index is 13.3. The van der Waals surface area contributed by atoms with Crippen molar-refractivity contribution in [2.24, 2.45) is 0 Å². The highest BCUT2D eigenvalue weighted by Gasteiger charge is 2.46. The summed E-state index contributed by atoms with van der Waals surface area (Å²) in [4.78, 5) is 55.8. The van der Waals surface area contributed by atoms with Crippen molar-refractivity contribution < 1.29 is 29.2 Å². The fourth-order valence-electron chi connectivity index (χ4n) is 4.60. The molecule has 1 atom stereocenters. The number of aliphatic hydroxyl groups excluding tert-OH is 1. The van der Waals surface area contributed by atoms with Crippen LogP contribution in [0.25, 0.3) is 5.76 Å². The summed E-state index contributed by atoms with van der Waals surface area (Å²) in [6.07, 6.45) is 0. The van der Waals surface area contributed by atoms with Crippen LogP contribution in [0.5, 0.6) is 0 Å². The van der Waals surface area contributed by atoms with Crippen LogP contribution >= 0.6 is 0 Å². The van der Waals surface area contributed by atoms with E-state index in [1.807, 2.05) is 13.8 Å². The number of non-ortho nitro benzene ring substituents is 1. The third kappa shape index (κ3) is 4.74. The summed E-state index contributed by atoms with van der Waals surface area (Å²) >= 11 is 0. The number of hydrogen-bond acceptors (Lipinski definition) is 8. The van der Waals surface area contributed by atoms with Crippen molar-refractivity contribution in [1.82, 2.24) is 14.8 Å². The van der Waals surface area contributed by atoms with Crippen LogP contribution in [-0.2, 0) is 14.3 Å². The molecule has 0 unspecified atom stereocenters. The molecule has 2 N–H and O–H groups in total. The van der Waals surface area contributed by atoms with E-state index in [1.165, 1.54) is 30.2 Å². The average molecular weight is 499 g/mol. The van der Waals surface area contributed by atoms with E-state index >= 15 is 0 Å². The number of nitro groups is 1. The maximum absolute atomic E-state index is 13.3. The number of benzene rings is 1. The normalized spacial score (nSPS) is 17.2. The number of nitro benzene ring substituents is 1. The Kier molecular flexibility index (Phi) is 7.93. The number of H-pyrrole nitrogens is 1. The van der Waals surface area contributed by atoms with Crippen molar-refractivity contribution in [2.75, 3.05) is 33.3 Å². The lowest BCUT2D eigenvalue weighted by atomic mass is 9.93. The minimum absolute atomic E-state index is 0.110. The first-order valence-electron chi connectivity index (χ1n) is 11.6. The molecule has 2 heterocycles. The number of nitrogens with one attached hydrogen (secondary N) is 1. The van der Waals surface area contributed by atoms with Gasteiger partial charge in [-0.05, 0) is 38.1 Å². The number of aromatic amines is 1. The second-order valence-corrected chi connectivity index (χ2v) is 8.49. The molecule has 0 saturated carbocycles. The van der Waals surface area contributed by atoms with Crippen molar-refractivity contribution in [3.8, 4) is 0 Å². The second kappa shape index (κ2) is 10.7. The number of ketones is 1. The lowest BCUT2D eigenvalue weighted by molar-refractivity contribution is -0.384.